The summed E-state index contributed by atoms with van der Waals surface area (Å²) in [4.78, 5) is 29.1. The Morgan fingerprint density at radius 1 is 1.23 bits per heavy atom. The molecule has 0 aliphatic heterocycles. The van der Waals surface area contributed by atoms with E-state index in [1.807, 2.05) is 6.92 Å². The number of hydrogen-bond acceptors (Lipinski definition) is 5. The van der Waals surface area contributed by atoms with Crippen LogP contribution in [0, 0.1) is 5.92 Å². The zero-order chi connectivity index (χ0) is 19.4. The van der Waals surface area contributed by atoms with E-state index < -0.39 is 6.04 Å². The molecule has 0 fully saturated rings. The van der Waals surface area contributed by atoms with Crippen molar-refractivity contribution in [1.82, 2.24) is 20.7 Å². The number of nitrogens with one attached hydrogen (secondary N) is 2. The monoisotopic (exact) mass is 364 g/mol. The van der Waals surface area contributed by atoms with Gasteiger partial charge in [0.1, 0.15) is 6.04 Å². The van der Waals surface area contributed by atoms with Crippen LogP contribution in [0.5, 0.6) is 0 Å². The number of nitrogens with zero attached hydrogens (tertiary/aromatic N) is 2. The maximum Gasteiger partial charge on any atom is 0.265 e. The van der Waals surface area contributed by atoms with Crippen LogP contribution in [-0.2, 0) is 9.53 Å². The van der Waals surface area contributed by atoms with Gasteiger partial charge >= 0.3 is 0 Å². The lowest BCUT2D eigenvalue weighted by Gasteiger charge is -2.31. The quantitative estimate of drug-likeness (QED) is 0.438. The van der Waals surface area contributed by atoms with E-state index in [0.29, 0.717) is 37.6 Å². The van der Waals surface area contributed by atoms with Gasteiger partial charge in [-0.3, -0.25) is 20.0 Å². The van der Waals surface area contributed by atoms with Gasteiger partial charge in [0.15, 0.2) is 0 Å². The number of ether oxygens (including phenoxy) is 1. The lowest BCUT2D eigenvalue weighted by molar-refractivity contribution is -0.128. The second-order valence-electron chi connectivity index (χ2n) is 6.64. The second-order valence-corrected chi connectivity index (χ2v) is 6.64. The van der Waals surface area contributed by atoms with Gasteiger partial charge in [0.05, 0.1) is 6.61 Å². The normalized spacial score (nSPS) is 12.2. The van der Waals surface area contributed by atoms with Crippen molar-refractivity contribution >= 4 is 11.8 Å². The Morgan fingerprint density at radius 3 is 2.50 bits per heavy atom. The minimum absolute atomic E-state index is 0.0947. The fraction of sp³-hybridized carbons (Fsp3) is 0.632. The predicted molar refractivity (Wildman–Crippen MR) is 101 cm³/mol. The summed E-state index contributed by atoms with van der Waals surface area (Å²) in [5, 5.41) is 4.65. The summed E-state index contributed by atoms with van der Waals surface area (Å²) in [6.07, 6.45) is 5.53. The molecule has 0 saturated heterocycles. The third-order valence-electron chi connectivity index (χ3n) is 3.98. The highest BCUT2D eigenvalue weighted by molar-refractivity contribution is 5.94. The van der Waals surface area contributed by atoms with Crippen LogP contribution in [0.4, 0.5) is 0 Å². The third-order valence-corrected chi connectivity index (χ3v) is 3.98. The molecule has 0 bridgehead atoms. The molecular weight excluding hydrogens is 332 g/mol. The van der Waals surface area contributed by atoms with Crippen molar-refractivity contribution in [2.24, 2.45) is 5.92 Å². The smallest absolute Gasteiger partial charge is 0.265 e. The van der Waals surface area contributed by atoms with Gasteiger partial charge in [0, 0.05) is 38.2 Å². The molecular formula is C19H32N4O3. The topological polar surface area (TPSA) is 83.6 Å². The molecule has 0 spiro atoms. The molecule has 7 nitrogen and oxygen atoms in total. The summed E-state index contributed by atoms with van der Waals surface area (Å²) >= 11 is 0. The molecule has 1 aromatic heterocycles. The summed E-state index contributed by atoms with van der Waals surface area (Å²) in [6.45, 7) is 7.79. The van der Waals surface area contributed by atoms with E-state index in [1.165, 1.54) is 0 Å². The number of aromatic nitrogens is 1. The molecule has 0 aliphatic rings. The first kappa shape index (κ1) is 22.1. The predicted octanol–water partition coefficient (Wildman–Crippen LogP) is 2.01. The molecule has 7 heteroatoms. The number of hydrogen-bond donors (Lipinski definition) is 2. The van der Waals surface area contributed by atoms with Gasteiger partial charge in [-0.25, -0.2) is 5.01 Å². The van der Waals surface area contributed by atoms with Gasteiger partial charge in [-0.05, 0) is 30.9 Å². The van der Waals surface area contributed by atoms with Crippen molar-refractivity contribution in [3.05, 3.63) is 30.1 Å². The Bertz CT molecular complexity index is 537. The van der Waals surface area contributed by atoms with Gasteiger partial charge < -0.3 is 10.1 Å². The molecule has 1 rings (SSSR count). The van der Waals surface area contributed by atoms with Crippen LogP contribution in [0.25, 0.3) is 0 Å². The first-order valence-corrected chi connectivity index (χ1v) is 9.23. The fourth-order valence-electron chi connectivity index (χ4n) is 2.48. The lowest BCUT2D eigenvalue weighted by atomic mass is 10.1. The van der Waals surface area contributed by atoms with Gasteiger partial charge in [0.25, 0.3) is 5.91 Å². The Balaban J connectivity index is 2.87. The molecule has 2 amide bonds. The van der Waals surface area contributed by atoms with Crippen LogP contribution in [0.2, 0.25) is 0 Å². The van der Waals surface area contributed by atoms with Crippen LogP contribution in [0.1, 0.15) is 50.4 Å². The molecule has 1 heterocycles. The lowest BCUT2D eigenvalue weighted by Crippen LogP contribution is -2.55. The average Bonchev–Trinajstić information content (AvgIpc) is 2.64. The first-order chi connectivity index (χ1) is 12.5. The van der Waals surface area contributed by atoms with Gasteiger partial charge in [-0.2, -0.15) is 0 Å². The van der Waals surface area contributed by atoms with E-state index >= 15 is 0 Å². The summed E-state index contributed by atoms with van der Waals surface area (Å²) in [7, 11) is 1.60. The van der Waals surface area contributed by atoms with E-state index in [-0.39, 0.29) is 11.8 Å². The van der Waals surface area contributed by atoms with Gasteiger partial charge in [-0.1, -0.05) is 27.2 Å². The zero-order valence-electron chi connectivity index (χ0n) is 16.3. The standard InChI is InChI=1S/C19H32N4O3/c1-5-6-17(19(25)21-12-14-26-4)23(13-9-15(2)3)22-18(24)16-7-10-20-11-8-16/h7-8,10-11,15,17H,5-6,9,12-14H2,1-4H3,(H,21,25)(H,22,24). The van der Waals surface area contributed by atoms with Gasteiger partial charge in [-0.15, -0.1) is 0 Å². The summed E-state index contributed by atoms with van der Waals surface area (Å²) in [5.74, 6) is 0.138. The number of carbonyl (C=O) groups is 2. The molecule has 0 saturated carbocycles. The summed E-state index contributed by atoms with van der Waals surface area (Å²) < 4.78 is 4.99. The summed E-state index contributed by atoms with van der Waals surface area (Å²) in [6, 6.07) is 2.90. The maximum atomic E-state index is 12.6. The van der Waals surface area contributed by atoms with E-state index in [1.54, 1.807) is 36.6 Å². The van der Waals surface area contributed by atoms with Gasteiger partial charge in [0.2, 0.25) is 5.91 Å². The molecule has 26 heavy (non-hydrogen) atoms. The first-order valence-electron chi connectivity index (χ1n) is 9.23. The Labute approximate surface area is 156 Å². The largest absolute Gasteiger partial charge is 0.383 e. The number of amides is 2. The molecule has 146 valence electrons. The van der Waals surface area contributed by atoms with Crippen molar-refractivity contribution in [1.29, 1.82) is 0 Å². The Kier molecular flexibility index (Phi) is 10.5. The number of rotatable bonds is 12. The van der Waals surface area contributed by atoms with Crippen molar-refractivity contribution in [2.45, 2.75) is 46.1 Å². The molecule has 1 aromatic rings. The van der Waals surface area contributed by atoms with Crippen LogP contribution in [-0.4, -0.2) is 54.7 Å². The van der Waals surface area contributed by atoms with E-state index in [4.69, 9.17) is 4.74 Å². The SMILES string of the molecule is CCCC(C(=O)NCCOC)N(CCC(C)C)NC(=O)c1ccncc1. The fourth-order valence-corrected chi connectivity index (χ4v) is 2.48. The minimum atomic E-state index is -0.415. The highest BCUT2D eigenvalue weighted by atomic mass is 16.5. The Hall–Kier alpha value is -1.99. The molecule has 1 unspecified atom stereocenters. The molecule has 0 aromatic carbocycles. The molecule has 2 N–H and O–H groups in total. The van der Waals surface area contributed by atoms with Crippen molar-refractivity contribution in [2.75, 3.05) is 26.8 Å². The van der Waals surface area contributed by atoms with Crippen LogP contribution < -0.4 is 10.7 Å². The average molecular weight is 364 g/mol. The number of carbonyl (C=O) groups excluding carboxylic acids is 2. The van der Waals surface area contributed by atoms with Crippen molar-refractivity contribution < 1.29 is 14.3 Å². The van der Waals surface area contributed by atoms with E-state index in [2.05, 4.69) is 29.6 Å². The van der Waals surface area contributed by atoms with Crippen LogP contribution in [0.3, 0.4) is 0 Å². The zero-order valence-corrected chi connectivity index (χ0v) is 16.3. The number of pyridine rings is 1. The number of hydrazine groups is 1. The third kappa shape index (κ3) is 7.93. The highest BCUT2D eigenvalue weighted by Crippen LogP contribution is 2.10. The summed E-state index contributed by atoms with van der Waals surface area (Å²) in [5.41, 5.74) is 3.44. The maximum absolute atomic E-state index is 12.6. The minimum Gasteiger partial charge on any atom is -0.383 e. The van der Waals surface area contributed by atoms with Crippen molar-refractivity contribution in [3.8, 4) is 0 Å². The molecule has 0 aliphatic carbocycles. The highest BCUT2D eigenvalue weighted by Gasteiger charge is 2.26. The van der Waals surface area contributed by atoms with E-state index in [9.17, 15) is 9.59 Å². The number of methoxy groups -OCH3 is 1. The Morgan fingerprint density at radius 2 is 1.92 bits per heavy atom. The van der Waals surface area contributed by atoms with Crippen LogP contribution in [0.15, 0.2) is 24.5 Å². The molecule has 1 atom stereocenters. The van der Waals surface area contributed by atoms with Crippen LogP contribution >= 0.6 is 0 Å². The molecule has 0 radical (unpaired) electrons. The van der Waals surface area contributed by atoms with E-state index in [0.717, 1.165) is 12.8 Å². The second kappa shape index (κ2) is 12.4. The van der Waals surface area contributed by atoms with Crippen molar-refractivity contribution in [3.63, 3.8) is 0 Å².